The van der Waals surface area contributed by atoms with Gasteiger partial charge in [0.1, 0.15) is 17.3 Å². The zero-order valence-electron chi connectivity index (χ0n) is 20.1. The minimum Gasteiger partial charge on any atom is -0.507 e. The van der Waals surface area contributed by atoms with Crippen LogP contribution in [0.1, 0.15) is 29.7 Å². The molecule has 5 rings (SSSR count). The van der Waals surface area contributed by atoms with Crippen molar-refractivity contribution in [1.82, 2.24) is 0 Å². The number of aryl methyl sites for hydroxylation is 1. The molecule has 3 aromatic carbocycles. The van der Waals surface area contributed by atoms with Crippen LogP contribution in [0.3, 0.4) is 0 Å². The average molecular weight is 488 g/mol. The van der Waals surface area contributed by atoms with Crippen LogP contribution in [-0.4, -0.2) is 37.3 Å². The molecule has 1 saturated heterocycles. The van der Waals surface area contributed by atoms with Gasteiger partial charge < -0.3 is 24.1 Å². The summed E-state index contributed by atoms with van der Waals surface area (Å²) in [6, 6.07) is 16.5. The maximum Gasteiger partial charge on any atom is 0.300 e. The van der Waals surface area contributed by atoms with E-state index in [0.29, 0.717) is 46.4 Å². The number of fused-ring (bicyclic) bond motifs is 1. The lowest BCUT2D eigenvalue weighted by Crippen LogP contribution is -2.29. The number of benzene rings is 3. The van der Waals surface area contributed by atoms with Gasteiger partial charge in [0, 0.05) is 11.8 Å². The van der Waals surface area contributed by atoms with E-state index in [1.54, 1.807) is 54.6 Å². The molecule has 184 valence electrons. The molecule has 1 amide bonds. The lowest BCUT2D eigenvalue weighted by atomic mass is 9.94. The number of aliphatic hydroxyl groups is 1. The summed E-state index contributed by atoms with van der Waals surface area (Å²) in [7, 11) is 1.48. The summed E-state index contributed by atoms with van der Waals surface area (Å²) in [6.07, 6.45) is 0. The summed E-state index contributed by atoms with van der Waals surface area (Å²) in [6.45, 7) is 4.33. The SMILES string of the molecule is CCOc1ccc(C2/C(=C(\O)c3cc(C)ccc3OC)C(=O)C(=O)N2c2ccc3c(c2)OCO3)cc1. The molecular formula is C28H25NO7. The Bertz CT molecular complexity index is 1380. The van der Waals surface area contributed by atoms with Gasteiger partial charge in [-0.1, -0.05) is 23.8 Å². The van der Waals surface area contributed by atoms with E-state index in [1.165, 1.54) is 12.0 Å². The Morgan fingerprint density at radius 3 is 2.50 bits per heavy atom. The highest BCUT2D eigenvalue weighted by Gasteiger charge is 2.47. The Balaban J connectivity index is 1.71. The normalized spacial score (nSPS) is 18.0. The van der Waals surface area contributed by atoms with Gasteiger partial charge in [0.05, 0.1) is 30.9 Å². The molecule has 2 aliphatic rings. The number of hydrogen-bond acceptors (Lipinski definition) is 7. The summed E-state index contributed by atoms with van der Waals surface area (Å²) in [4.78, 5) is 28.2. The van der Waals surface area contributed by atoms with Crippen molar-refractivity contribution >= 4 is 23.1 Å². The zero-order chi connectivity index (χ0) is 25.4. The van der Waals surface area contributed by atoms with Gasteiger partial charge in [-0.3, -0.25) is 14.5 Å². The van der Waals surface area contributed by atoms with E-state index >= 15 is 0 Å². The standard InChI is InChI=1S/C28H25NO7/c1-4-34-19-9-6-17(7-10-19)25-24(26(30)20-13-16(2)5-11-21(20)33-3)27(31)28(32)29(25)18-8-12-22-23(14-18)36-15-35-22/h5-14,25,30H,4,15H2,1-3H3/b26-24+. The van der Waals surface area contributed by atoms with Crippen molar-refractivity contribution in [2.75, 3.05) is 25.4 Å². The summed E-state index contributed by atoms with van der Waals surface area (Å²) in [5.41, 5.74) is 2.22. The number of carbonyl (C=O) groups is 2. The minimum absolute atomic E-state index is 0.0364. The van der Waals surface area contributed by atoms with Gasteiger partial charge >= 0.3 is 0 Å². The molecule has 2 heterocycles. The number of amides is 1. The van der Waals surface area contributed by atoms with Gasteiger partial charge in [-0.15, -0.1) is 0 Å². The van der Waals surface area contributed by atoms with Crippen molar-refractivity contribution in [2.45, 2.75) is 19.9 Å². The molecule has 1 atom stereocenters. The molecule has 0 bridgehead atoms. The van der Waals surface area contributed by atoms with Crippen LogP contribution < -0.4 is 23.8 Å². The summed E-state index contributed by atoms with van der Waals surface area (Å²) in [5, 5.41) is 11.5. The number of methoxy groups -OCH3 is 1. The van der Waals surface area contributed by atoms with Crippen LogP contribution in [0.5, 0.6) is 23.0 Å². The van der Waals surface area contributed by atoms with E-state index in [-0.39, 0.29) is 18.1 Å². The molecule has 8 heteroatoms. The van der Waals surface area contributed by atoms with Crippen LogP contribution in [0.25, 0.3) is 5.76 Å². The van der Waals surface area contributed by atoms with E-state index in [1.807, 2.05) is 19.9 Å². The number of ether oxygens (including phenoxy) is 4. The van der Waals surface area contributed by atoms with Gasteiger partial charge in [-0.05, 0) is 55.8 Å². The molecule has 1 fully saturated rings. The van der Waals surface area contributed by atoms with E-state index < -0.39 is 17.7 Å². The van der Waals surface area contributed by atoms with E-state index in [9.17, 15) is 14.7 Å². The molecule has 1 unspecified atom stereocenters. The fraction of sp³-hybridized carbons (Fsp3) is 0.214. The molecule has 1 N–H and O–H groups in total. The van der Waals surface area contributed by atoms with E-state index in [0.717, 1.165) is 5.56 Å². The molecule has 3 aromatic rings. The van der Waals surface area contributed by atoms with Crippen LogP contribution in [0.15, 0.2) is 66.2 Å². The molecule has 0 aromatic heterocycles. The smallest absolute Gasteiger partial charge is 0.300 e. The third-order valence-electron chi connectivity index (χ3n) is 6.20. The van der Waals surface area contributed by atoms with Gasteiger partial charge in [-0.25, -0.2) is 0 Å². The van der Waals surface area contributed by atoms with Gasteiger partial charge in [0.25, 0.3) is 11.7 Å². The maximum atomic E-state index is 13.4. The Kier molecular flexibility index (Phi) is 6.01. The number of aliphatic hydroxyl groups excluding tert-OH is 1. The number of carbonyl (C=O) groups excluding carboxylic acids is 2. The van der Waals surface area contributed by atoms with Gasteiger partial charge in [-0.2, -0.15) is 0 Å². The van der Waals surface area contributed by atoms with Crippen LogP contribution in [0.2, 0.25) is 0 Å². The monoisotopic (exact) mass is 487 g/mol. The first kappa shape index (κ1) is 23.3. The Morgan fingerprint density at radius 2 is 1.78 bits per heavy atom. The molecule has 0 aliphatic carbocycles. The maximum absolute atomic E-state index is 13.4. The van der Waals surface area contributed by atoms with Crippen LogP contribution in [0, 0.1) is 6.92 Å². The van der Waals surface area contributed by atoms with Crippen molar-refractivity contribution in [1.29, 1.82) is 0 Å². The second-order valence-corrected chi connectivity index (χ2v) is 8.41. The Labute approximate surface area is 208 Å². The first-order chi connectivity index (χ1) is 17.4. The number of anilines is 1. The second kappa shape index (κ2) is 9.30. The van der Waals surface area contributed by atoms with Crippen LogP contribution >= 0.6 is 0 Å². The molecule has 0 radical (unpaired) electrons. The highest BCUT2D eigenvalue weighted by molar-refractivity contribution is 6.51. The second-order valence-electron chi connectivity index (χ2n) is 8.41. The average Bonchev–Trinajstić information content (AvgIpc) is 3.46. The number of ketones is 1. The zero-order valence-corrected chi connectivity index (χ0v) is 20.1. The van der Waals surface area contributed by atoms with Crippen molar-refractivity contribution in [3.63, 3.8) is 0 Å². The Hall–Kier alpha value is -4.46. The van der Waals surface area contributed by atoms with Gasteiger partial charge in [0.15, 0.2) is 11.5 Å². The van der Waals surface area contributed by atoms with Crippen molar-refractivity contribution < 1.29 is 33.6 Å². The fourth-order valence-corrected chi connectivity index (χ4v) is 4.51. The number of rotatable bonds is 6. The van der Waals surface area contributed by atoms with E-state index in [4.69, 9.17) is 18.9 Å². The third-order valence-corrected chi connectivity index (χ3v) is 6.20. The molecule has 2 aliphatic heterocycles. The largest absolute Gasteiger partial charge is 0.507 e. The van der Waals surface area contributed by atoms with Crippen molar-refractivity contribution in [3.05, 3.63) is 82.9 Å². The quantitative estimate of drug-likeness (QED) is 0.304. The summed E-state index contributed by atoms with van der Waals surface area (Å²) < 4.78 is 21.9. The molecular weight excluding hydrogens is 462 g/mol. The predicted molar refractivity (Wildman–Crippen MR) is 133 cm³/mol. The summed E-state index contributed by atoms with van der Waals surface area (Å²) >= 11 is 0. The van der Waals surface area contributed by atoms with Crippen LogP contribution in [-0.2, 0) is 9.59 Å². The lowest BCUT2D eigenvalue weighted by molar-refractivity contribution is -0.132. The van der Waals surface area contributed by atoms with Gasteiger partial charge in [0.2, 0.25) is 6.79 Å². The summed E-state index contributed by atoms with van der Waals surface area (Å²) in [5.74, 6) is 0.196. The first-order valence-electron chi connectivity index (χ1n) is 11.5. The van der Waals surface area contributed by atoms with Crippen LogP contribution in [0.4, 0.5) is 5.69 Å². The predicted octanol–water partition coefficient (Wildman–Crippen LogP) is 4.76. The lowest BCUT2D eigenvalue weighted by Gasteiger charge is -2.26. The number of Topliss-reactive ketones (excluding diaryl/α,β-unsaturated/α-hetero) is 1. The van der Waals surface area contributed by atoms with Crippen molar-refractivity contribution in [2.24, 2.45) is 0 Å². The topological polar surface area (TPSA) is 94.5 Å². The molecule has 36 heavy (non-hydrogen) atoms. The first-order valence-corrected chi connectivity index (χ1v) is 11.5. The highest BCUT2D eigenvalue weighted by atomic mass is 16.7. The number of nitrogens with zero attached hydrogens (tertiary/aromatic N) is 1. The molecule has 0 saturated carbocycles. The Morgan fingerprint density at radius 1 is 1.03 bits per heavy atom. The van der Waals surface area contributed by atoms with Crippen molar-refractivity contribution in [3.8, 4) is 23.0 Å². The third kappa shape index (κ3) is 3.90. The fourth-order valence-electron chi connectivity index (χ4n) is 4.51. The van der Waals surface area contributed by atoms with E-state index in [2.05, 4.69) is 0 Å². The molecule has 0 spiro atoms. The molecule has 8 nitrogen and oxygen atoms in total. The highest BCUT2D eigenvalue weighted by Crippen LogP contribution is 2.45. The number of hydrogen-bond donors (Lipinski definition) is 1. The minimum atomic E-state index is -0.897.